The maximum absolute atomic E-state index is 12.9. The van der Waals surface area contributed by atoms with Gasteiger partial charge in [0.05, 0.1) is 12.7 Å². The minimum absolute atomic E-state index is 0.0343. The molecule has 1 amide bonds. The van der Waals surface area contributed by atoms with Crippen LogP contribution in [0.3, 0.4) is 0 Å². The van der Waals surface area contributed by atoms with Gasteiger partial charge in [-0.1, -0.05) is 29.8 Å². The van der Waals surface area contributed by atoms with Crippen LogP contribution < -0.4 is 14.2 Å². The number of nitriles is 1. The highest BCUT2D eigenvalue weighted by atomic mass is 32.2. The van der Waals surface area contributed by atoms with Gasteiger partial charge in [-0.3, -0.25) is 4.79 Å². The van der Waals surface area contributed by atoms with Gasteiger partial charge in [-0.25, -0.2) is 4.79 Å². The standard InChI is InChI=1S/C25H20N2O7S/c1-16-6-12-21(13-7-16)35(31,32)34-23-18(4-3-5-22(23)33-2)14-19(15-26)24(28)27-20-10-8-17(9-11-20)25(29)30/h3-14H,1-2H3,(H,27,28)(H,29,30)/b19-14+. The van der Waals surface area contributed by atoms with E-state index in [-0.39, 0.29) is 38.8 Å². The van der Waals surface area contributed by atoms with Crippen LogP contribution in [-0.2, 0) is 14.9 Å². The Balaban J connectivity index is 1.95. The van der Waals surface area contributed by atoms with E-state index in [1.807, 2.05) is 6.92 Å². The van der Waals surface area contributed by atoms with E-state index in [9.17, 15) is 23.3 Å². The number of aromatic carboxylic acids is 1. The molecule has 0 radical (unpaired) electrons. The highest BCUT2D eigenvalue weighted by Gasteiger charge is 2.22. The van der Waals surface area contributed by atoms with Crippen molar-refractivity contribution in [1.82, 2.24) is 0 Å². The third kappa shape index (κ3) is 6.04. The van der Waals surface area contributed by atoms with Crippen molar-refractivity contribution in [2.24, 2.45) is 0 Å². The number of hydrogen-bond acceptors (Lipinski definition) is 7. The van der Waals surface area contributed by atoms with Crippen LogP contribution in [0.5, 0.6) is 11.5 Å². The molecule has 0 spiro atoms. The van der Waals surface area contributed by atoms with Crippen LogP contribution >= 0.6 is 0 Å². The van der Waals surface area contributed by atoms with Gasteiger partial charge in [0.2, 0.25) is 0 Å². The fourth-order valence-corrected chi connectivity index (χ4v) is 3.92. The number of amides is 1. The van der Waals surface area contributed by atoms with Crippen molar-refractivity contribution in [3.05, 3.63) is 89.0 Å². The number of carboxylic acids is 1. The number of para-hydroxylation sites is 1. The van der Waals surface area contributed by atoms with Crippen molar-refractivity contribution in [2.75, 3.05) is 12.4 Å². The Morgan fingerprint density at radius 1 is 1.03 bits per heavy atom. The summed E-state index contributed by atoms with van der Waals surface area (Å²) < 4.78 is 36.3. The molecule has 35 heavy (non-hydrogen) atoms. The van der Waals surface area contributed by atoms with Gasteiger partial charge in [-0.05, 0) is 55.5 Å². The third-order valence-electron chi connectivity index (χ3n) is 4.79. The van der Waals surface area contributed by atoms with E-state index < -0.39 is 22.0 Å². The Labute approximate surface area is 202 Å². The van der Waals surface area contributed by atoms with Gasteiger partial charge < -0.3 is 19.3 Å². The van der Waals surface area contributed by atoms with Crippen molar-refractivity contribution in [3.63, 3.8) is 0 Å². The molecule has 0 unspecified atom stereocenters. The molecule has 0 heterocycles. The van der Waals surface area contributed by atoms with Crippen molar-refractivity contribution in [3.8, 4) is 17.6 Å². The summed E-state index contributed by atoms with van der Waals surface area (Å²) in [4.78, 5) is 23.6. The maximum Gasteiger partial charge on any atom is 0.339 e. The molecule has 9 nitrogen and oxygen atoms in total. The Morgan fingerprint density at radius 3 is 2.26 bits per heavy atom. The molecule has 0 atom stereocenters. The summed E-state index contributed by atoms with van der Waals surface area (Å²) in [6.07, 6.45) is 1.17. The zero-order valence-corrected chi connectivity index (χ0v) is 19.5. The quantitative estimate of drug-likeness (QED) is 0.273. The summed E-state index contributed by atoms with van der Waals surface area (Å²) in [7, 11) is -2.92. The van der Waals surface area contributed by atoms with E-state index >= 15 is 0 Å². The lowest BCUT2D eigenvalue weighted by atomic mass is 10.1. The van der Waals surface area contributed by atoms with Gasteiger partial charge in [-0.2, -0.15) is 13.7 Å². The highest BCUT2D eigenvalue weighted by Crippen LogP contribution is 2.35. The number of hydrogen-bond donors (Lipinski definition) is 2. The van der Waals surface area contributed by atoms with Crippen LogP contribution in [0.4, 0.5) is 5.69 Å². The fraction of sp³-hybridized carbons (Fsp3) is 0.0800. The number of carboxylic acid groups (broad SMARTS) is 1. The number of anilines is 1. The first-order valence-electron chi connectivity index (χ1n) is 10.1. The largest absolute Gasteiger partial charge is 0.493 e. The van der Waals surface area contributed by atoms with E-state index in [1.165, 1.54) is 61.7 Å². The van der Waals surface area contributed by atoms with Crippen LogP contribution in [0, 0.1) is 18.3 Å². The van der Waals surface area contributed by atoms with Crippen molar-refractivity contribution in [2.45, 2.75) is 11.8 Å². The first kappa shape index (κ1) is 25.0. The lowest BCUT2D eigenvalue weighted by Crippen LogP contribution is -2.14. The average molecular weight is 493 g/mol. The van der Waals surface area contributed by atoms with E-state index in [0.717, 1.165) is 5.56 Å². The van der Waals surface area contributed by atoms with Gasteiger partial charge in [0.1, 0.15) is 16.5 Å². The normalized spacial score (nSPS) is 11.3. The molecule has 0 aliphatic heterocycles. The molecule has 3 aromatic rings. The molecule has 0 aliphatic carbocycles. The summed E-state index contributed by atoms with van der Waals surface area (Å²) >= 11 is 0. The molecule has 0 fully saturated rings. The molecule has 3 aromatic carbocycles. The highest BCUT2D eigenvalue weighted by molar-refractivity contribution is 7.87. The van der Waals surface area contributed by atoms with Gasteiger partial charge in [-0.15, -0.1) is 0 Å². The average Bonchev–Trinajstić information content (AvgIpc) is 2.83. The third-order valence-corrected chi connectivity index (χ3v) is 6.02. The molecular formula is C25H20N2O7S. The number of carbonyl (C=O) groups excluding carboxylic acids is 1. The van der Waals surface area contributed by atoms with E-state index in [4.69, 9.17) is 14.0 Å². The Bertz CT molecular complexity index is 1440. The predicted octanol–water partition coefficient (Wildman–Crippen LogP) is 4.02. The molecule has 0 saturated heterocycles. The second kappa shape index (κ2) is 10.5. The number of ether oxygens (including phenoxy) is 1. The predicted molar refractivity (Wildman–Crippen MR) is 128 cm³/mol. The lowest BCUT2D eigenvalue weighted by Gasteiger charge is -2.14. The number of methoxy groups -OCH3 is 1. The van der Waals surface area contributed by atoms with Gasteiger partial charge >= 0.3 is 16.1 Å². The molecule has 10 heteroatoms. The molecule has 3 rings (SSSR count). The minimum Gasteiger partial charge on any atom is -0.493 e. The summed E-state index contributed by atoms with van der Waals surface area (Å²) in [5.74, 6) is -2.02. The smallest absolute Gasteiger partial charge is 0.339 e. The Morgan fingerprint density at radius 2 is 1.69 bits per heavy atom. The molecular weight excluding hydrogens is 472 g/mol. The first-order valence-corrected chi connectivity index (χ1v) is 11.5. The number of rotatable bonds is 8. The van der Waals surface area contributed by atoms with Crippen LogP contribution in [0.15, 0.2) is 77.2 Å². The van der Waals surface area contributed by atoms with Gasteiger partial charge in [0.15, 0.2) is 11.5 Å². The summed E-state index contributed by atoms with van der Waals surface area (Å²) in [6.45, 7) is 1.81. The number of aryl methyl sites for hydroxylation is 1. The van der Waals surface area contributed by atoms with Crippen molar-refractivity contribution >= 4 is 33.8 Å². The minimum atomic E-state index is -4.25. The molecule has 0 aliphatic rings. The van der Waals surface area contributed by atoms with Gasteiger partial charge in [0.25, 0.3) is 5.91 Å². The Kier molecular flexibility index (Phi) is 7.53. The zero-order chi connectivity index (χ0) is 25.6. The summed E-state index contributed by atoms with van der Waals surface area (Å²) in [6, 6.07) is 17.7. The first-order chi connectivity index (χ1) is 16.6. The van der Waals surface area contributed by atoms with Crippen molar-refractivity contribution in [1.29, 1.82) is 5.26 Å². The van der Waals surface area contributed by atoms with E-state index in [0.29, 0.717) is 0 Å². The fourth-order valence-electron chi connectivity index (χ4n) is 2.96. The number of nitrogens with zero attached hydrogens (tertiary/aromatic N) is 1. The molecule has 0 aromatic heterocycles. The second-order valence-corrected chi connectivity index (χ2v) is 8.78. The molecule has 0 bridgehead atoms. The maximum atomic E-state index is 12.9. The van der Waals surface area contributed by atoms with Gasteiger partial charge in [0, 0.05) is 11.3 Å². The van der Waals surface area contributed by atoms with Crippen LogP contribution in [0.25, 0.3) is 6.08 Å². The SMILES string of the molecule is COc1cccc(/C=C(\C#N)C(=O)Nc2ccc(C(=O)O)cc2)c1OS(=O)(=O)c1ccc(C)cc1. The van der Waals surface area contributed by atoms with E-state index in [1.54, 1.807) is 24.3 Å². The number of nitrogens with one attached hydrogen (secondary N) is 1. The number of carbonyl (C=O) groups is 2. The summed E-state index contributed by atoms with van der Waals surface area (Å²) in [5.41, 5.74) is 0.940. The molecule has 0 saturated carbocycles. The lowest BCUT2D eigenvalue weighted by molar-refractivity contribution is -0.112. The second-order valence-electron chi connectivity index (χ2n) is 7.24. The molecule has 2 N–H and O–H groups in total. The summed E-state index contributed by atoms with van der Waals surface area (Å²) in [5, 5.41) is 21.0. The topological polar surface area (TPSA) is 143 Å². The van der Waals surface area contributed by atoms with Crippen molar-refractivity contribution < 1.29 is 32.0 Å². The van der Waals surface area contributed by atoms with Crippen LogP contribution in [-0.4, -0.2) is 32.5 Å². The molecule has 178 valence electrons. The monoisotopic (exact) mass is 492 g/mol. The van der Waals surface area contributed by atoms with Crippen LogP contribution in [0.1, 0.15) is 21.5 Å². The number of benzene rings is 3. The zero-order valence-electron chi connectivity index (χ0n) is 18.7. The van der Waals surface area contributed by atoms with Crippen LogP contribution in [0.2, 0.25) is 0 Å². The van der Waals surface area contributed by atoms with E-state index in [2.05, 4.69) is 5.32 Å². The Hall–Kier alpha value is -4.62.